The average molecular weight is 382 g/mol. The summed E-state index contributed by atoms with van der Waals surface area (Å²) >= 11 is 0. The first-order valence-corrected chi connectivity index (χ1v) is 10.0. The molecule has 0 spiro atoms. The van der Waals surface area contributed by atoms with Crippen molar-refractivity contribution in [3.05, 3.63) is 60.4 Å². The Balaban J connectivity index is 1.38. The number of rotatable bonds is 7. The van der Waals surface area contributed by atoms with Crippen LogP contribution in [0.2, 0.25) is 0 Å². The Bertz CT molecular complexity index is 722. The number of aromatic nitrogens is 1. The lowest BCUT2D eigenvalue weighted by molar-refractivity contribution is 0.134. The van der Waals surface area contributed by atoms with Crippen LogP contribution in [-0.4, -0.2) is 54.7 Å². The molecule has 0 radical (unpaired) electrons. The van der Waals surface area contributed by atoms with Crippen LogP contribution >= 0.6 is 0 Å². The molecule has 0 amide bonds. The van der Waals surface area contributed by atoms with E-state index in [-0.39, 0.29) is 0 Å². The van der Waals surface area contributed by atoms with Gasteiger partial charge in [0.1, 0.15) is 12.4 Å². The van der Waals surface area contributed by atoms with Crippen LogP contribution in [0.1, 0.15) is 25.3 Å². The minimum absolute atomic E-state index is 0.437. The number of hydrogen-bond donors (Lipinski definition) is 2. The summed E-state index contributed by atoms with van der Waals surface area (Å²) in [5.41, 5.74) is 1.38. The van der Waals surface area contributed by atoms with Gasteiger partial charge in [0.15, 0.2) is 5.96 Å². The maximum Gasteiger partial charge on any atom is 0.191 e. The van der Waals surface area contributed by atoms with E-state index < -0.39 is 0 Å². The molecule has 1 aromatic carbocycles. The van der Waals surface area contributed by atoms with Gasteiger partial charge in [0.25, 0.3) is 0 Å². The highest BCUT2D eigenvalue weighted by Gasteiger charge is 2.25. The fraction of sp³-hybridized carbons (Fsp3) is 0.455. The standard InChI is InChI=1S/C22H31N5O/c1-18-15-20(10-13-27(18)17-19-7-4-3-5-8-19)26-22(23-2)25-12-14-28-21-9-6-11-24-16-21/h3-9,11,16,18,20H,10,12-15,17H2,1-2H3,(H2,23,25,26). The largest absolute Gasteiger partial charge is 0.490 e. The summed E-state index contributed by atoms with van der Waals surface area (Å²) in [5.74, 6) is 1.62. The first-order valence-electron chi connectivity index (χ1n) is 10.0. The van der Waals surface area contributed by atoms with Crippen molar-refractivity contribution in [2.75, 3.05) is 26.7 Å². The molecule has 6 heteroatoms. The molecule has 0 bridgehead atoms. The highest BCUT2D eigenvalue weighted by Crippen LogP contribution is 2.19. The summed E-state index contributed by atoms with van der Waals surface area (Å²) in [5, 5.41) is 6.90. The van der Waals surface area contributed by atoms with Crippen LogP contribution in [0.4, 0.5) is 0 Å². The van der Waals surface area contributed by atoms with Crippen LogP contribution in [0, 0.1) is 0 Å². The fourth-order valence-corrected chi connectivity index (χ4v) is 3.56. The van der Waals surface area contributed by atoms with Crippen LogP contribution in [-0.2, 0) is 6.54 Å². The van der Waals surface area contributed by atoms with Gasteiger partial charge in [-0.05, 0) is 37.5 Å². The third-order valence-electron chi connectivity index (χ3n) is 5.10. The minimum Gasteiger partial charge on any atom is -0.490 e. The van der Waals surface area contributed by atoms with Crippen LogP contribution in [0.15, 0.2) is 59.9 Å². The Morgan fingerprint density at radius 3 is 2.82 bits per heavy atom. The topological polar surface area (TPSA) is 61.8 Å². The summed E-state index contributed by atoms with van der Waals surface area (Å²) in [6.45, 7) is 5.69. The normalized spacial score (nSPS) is 20.6. The smallest absolute Gasteiger partial charge is 0.191 e. The van der Waals surface area contributed by atoms with Gasteiger partial charge in [-0.25, -0.2) is 0 Å². The van der Waals surface area contributed by atoms with Crippen molar-refractivity contribution in [3.63, 3.8) is 0 Å². The van der Waals surface area contributed by atoms with E-state index >= 15 is 0 Å². The number of benzene rings is 1. The summed E-state index contributed by atoms with van der Waals surface area (Å²) in [7, 11) is 1.81. The van der Waals surface area contributed by atoms with E-state index in [1.165, 1.54) is 5.56 Å². The Morgan fingerprint density at radius 2 is 2.11 bits per heavy atom. The van der Waals surface area contributed by atoms with Gasteiger partial charge in [0.05, 0.1) is 12.7 Å². The molecule has 1 aliphatic heterocycles. The number of ether oxygens (including phenoxy) is 1. The number of nitrogens with one attached hydrogen (secondary N) is 2. The third-order valence-corrected chi connectivity index (χ3v) is 5.10. The predicted molar refractivity (Wildman–Crippen MR) is 114 cm³/mol. The quantitative estimate of drug-likeness (QED) is 0.439. The second-order valence-corrected chi connectivity index (χ2v) is 7.21. The van der Waals surface area contributed by atoms with E-state index in [2.05, 4.69) is 62.8 Å². The number of guanidine groups is 1. The van der Waals surface area contributed by atoms with Crippen molar-refractivity contribution in [2.45, 2.75) is 38.4 Å². The molecule has 2 N–H and O–H groups in total. The van der Waals surface area contributed by atoms with E-state index in [1.54, 1.807) is 12.4 Å². The van der Waals surface area contributed by atoms with Crippen molar-refractivity contribution >= 4 is 5.96 Å². The maximum absolute atomic E-state index is 5.66. The van der Waals surface area contributed by atoms with Crippen LogP contribution in [0.5, 0.6) is 5.75 Å². The average Bonchev–Trinajstić information content (AvgIpc) is 2.73. The van der Waals surface area contributed by atoms with Crippen molar-refractivity contribution in [1.82, 2.24) is 20.5 Å². The molecule has 1 aromatic heterocycles. The molecule has 1 saturated heterocycles. The molecule has 6 nitrogen and oxygen atoms in total. The zero-order chi connectivity index (χ0) is 19.6. The van der Waals surface area contributed by atoms with Gasteiger partial charge >= 0.3 is 0 Å². The molecule has 2 aromatic rings. The number of piperidine rings is 1. The molecular weight excluding hydrogens is 350 g/mol. The van der Waals surface area contributed by atoms with Gasteiger partial charge in [-0.2, -0.15) is 0 Å². The van der Waals surface area contributed by atoms with Crippen molar-refractivity contribution in [3.8, 4) is 5.75 Å². The van der Waals surface area contributed by atoms with Gasteiger partial charge in [-0.1, -0.05) is 30.3 Å². The van der Waals surface area contributed by atoms with Gasteiger partial charge in [0, 0.05) is 38.4 Å². The lowest BCUT2D eigenvalue weighted by atomic mass is 9.97. The Labute approximate surface area is 168 Å². The van der Waals surface area contributed by atoms with Crippen molar-refractivity contribution in [1.29, 1.82) is 0 Å². The van der Waals surface area contributed by atoms with E-state index in [4.69, 9.17) is 4.74 Å². The summed E-state index contributed by atoms with van der Waals surface area (Å²) in [4.78, 5) is 11.0. The van der Waals surface area contributed by atoms with E-state index in [0.29, 0.717) is 25.2 Å². The van der Waals surface area contributed by atoms with Crippen molar-refractivity contribution in [2.24, 2.45) is 4.99 Å². The molecule has 150 valence electrons. The third kappa shape index (κ3) is 6.23. The number of aliphatic imine (C=N–C) groups is 1. The Hall–Kier alpha value is -2.60. The van der Waals surface area contributed by atoms with Gasteiger partial charge in [-0.15, -0.1) is 0 Å². The first-order chi connectivity index (χ1) is 13.7. The first kappa shape index (κ1) is 20.1. The lowest BCUT2D eigenvalue weighted by Gasteiger charge is -2.38. The minimum atomic E-state index is 0.437. The number of pyridine rings is 1. The number of likely N-dealkylation sites (tertiary alicyclic amines) is 1. The number of nitrogens with zero attached hydrogens (tertiary/aromatic N) is 3. The zero-order valence-corrected chi connectivity index (χ0v) is 16.8. The predicted octanol–water partition coefficient (Wildman–Crippen LogP) is 2.68. The van der Waals surface area contributed by atoms with E-state index in [1.807, 2.05) is 19.2 Å². The molecule has 0 saturated carbocycles. The summed E-state index contributed by atoms with van der Waals surface area (Å²) < 4.78 is 5.66. The van der Waals surface area contributed by atoms with E-state index in [0.717, 1.165) is 37.6 Å². The maximum atomic E-state index is 5.66. The Morgan fingerprint density at radius 1 is 1.25 bits per heavy atom. The number of hydrogen-bond acceptors (Lipinski definition) is 4. The molecule has 1 aliphatic rings. The molecule has 3 rings (SSSR count). The highest BCUT2D eigenvalue weighted by molar-refractivity contribution is 5.79. The van der Waals surface area contributed by atoms with Gasteiger partial charge < -0.3 is 15.4 Å². The molecule has 0 aliphatic carbocycles. The van der Waals surface area contributed by atoms with Gasteiger partial charge in [-0.3, -0.25) is 14.9 Å². The molecule has 2 unspecified atom stereocenters. The van der Waals surface area contributed by atoms with Crippen LogP contribution < -0.4 is 15.4 Å². The van der Waals surface area contributed by atoms with Crippen LogP contribution in [0.25, 0.3) is 0 Å². The molecule has 28 heavy (non-hydrogen) atoms. The Kier molecular flexibility index (Phi) is 7.67. The molecule has 2 atom stereocenters. The van der Waals surface area contributed by atoms with Crippen molar-refractivity contribution < 1.29 is 4.74 Å². The second-order valence-electron chi connectivity index (χ2n) is 7.21. The monoisotopic (exact) mass is 381 g/mol. The molecule has 2 heterocycles. The van der Waals surface area contributed by atoms with E-state index in [9.17, 15) is 0 Å². The lowest BCUT2D eigenvalue weighted by Crippen LogP contribution is -2.51. The summed E-state index contributed by atoms with van der Waals surface area (Å²) in [6.07, 6.45) is 5.69. The molecular formula is C22H31N5O. The molecule has 1 fully saturated rings. The zero-order valence-electron chi connectivity index (χ0n) is 16.8. The fourth-order valence-electron chi connectivity index (χ4n) is 3.56. The van der Waals surface area contributed by atoms with Gasteiger partial charge in [0.2, 0.25) is 0 Å². The summed E-state index contributed by atoms with van der Waals surface area (Å²) in [6, 6.07) is 15.5. The van der Waals surface area contributed by atoms with Crippen LogP contribution in [0.3, 0.4) is 0 Å². The second kappa shape index (κ2) is 10.7. The SMILES string of the molecule is CN=C(NCCOc1cccnc1)NC1CCN(Cc2ccccc2)C(C)C1. The highest BCUT2D eigenvalue weighted by atomic mass is 16.5.